The number of nitrogens with two attached hydrogens (primary N) is 1. The standard InChI is InChI=1S/C9H9NO4/c10-8(12)5-14-9(13)6-3-1-2-4-7(6)11/h1-4,11H,5H2,(H2,10,12). The van der Waals surface area contributed by atoms with Crippen molar-refractivity contribution < 1.29 is 19.4 Å². The Balaban J connectivity index is 2.70. The molecule has 1 rings (SSSR count). The Morgan fingerprint density at radius 3 is 2.57 bits per heavy atom. The molecule has 0 saturated heterocycles. The molecule has 0 atom stereocenters. The van der Waals surface area contributed by atoms with Crippen LogP contribution in [0.1, 0.15) is 10.4 Å². The Morgan fingerprint density at radius 1 is 1.36 bits per heavy atom. The first-order chi connectivity index (χ1) is 6.61. The molecule has 0 aliphatic carbocycles. The number of amides is 1. The SMILES string of the molecule is NC(=O)COC(=O)c1ccccc1O. The average molecular weight is 195 g/mol. The molecule has 0 saturated carbocycles. The van der Waals surface area contributed by atoms with Crippen LogP contribution in [0.15, 0.2) is 24.3 Å². The smallest absolute Gasteiger partial charge is 0.342 e. The summed E-state index contributed by atoms with van der Waals surface area (Å²) < 4.78 is 4.50. The summed E-state index contributed by atoms with van der Waals surface area (Å²) in [7, 11) is 0. The third-order valence-corrected chi connectivity index (χ3v) is 1.47. The van der Waals surface area contributed by atoms with Gasteiger partial charge in [-0.2, -0.15) is 0 Å². The molecule has 0 fully saturated rings. The van der Waals surface area contributed by atoms with Gasteiger partial charge in [0.15, 0.2) is 6.61 Å². The number of hydrogen-bond acceptors (Lipinski definition) is 4. The second-order valence-electron chi connectivity index (χ2n) is 2.56. The predicted octanol–water partition coefficient (Wildman–Crippen LogP) is 0.0343. The van der Waals surface area contributed by atoms with Crippen molar-refractivity contribution in [3.63, 3.8) is 0 Å². The molecular weight excluding hydrogens is 186 g/mol. The molecular formula is C9H9NO4. The number of primary amides is 1. The number of phenolic OH excluding ortho intramolecular Hbond substituents is 1. The van der Waals surface area contributed by atoms with E-state index in [2.05, 4.69) is 4.74 Å². The maximum atomic E-state index is 11.2. The second kappa shape index (κ2) is 4.27. The van der Waals surface area contributed by atoms with E-state index in [4.69, 9.17) is 5.73 Å². The zero-order valence-corrected chi connectivity index (χ0v) is 7.27. The third kappa shape index (κ3) is 2.48. The van der Waals surface area contributed by atoms with Gasteiger partial charge in [-0.15, -0.1) is 0 Å². The predicted molar refractivity (Wildman–Crippen MR) is 47.6 cm³/mol. The van der Waals surface area contributed by atoms with Crippen LogP contribution in [-0.4, -0.2) is 23.6 Å². The van der Waals surface area contributed by atoms with Crippen LogP contribution >= 0.6 is 0 Å². The number of esters is 1. The molecule has 5 nitrogen and oxygen atoms in total. The van der Waals surface area contributed by atoms with Crippen LogP contribution in [0.2, 0.25) is 0 Å². The van der Waals surface area contributed by atoms with Crippen molar-refractivity contribution >= 4 is 11.9 Å². The fourth-order valence-corrected chi connectivity index (χ4v) is 0.861. The van der Waals surface area contributed by atoms with Gasteiger partial charge < -0.3 is 15.6 Å². The van der Waals surface area contributed by atoms with E-state index in [-0.39, 0.29) is 11.3 Å². The first kappa shape index (κ1) is 10.0. The summed E-state index contributed by atoms with van der Waals surface area (Å²) in [5.74, 6) is -1.71. The second-order valence-corrected chi connectivity index (χ2v) is 2.56. The first-order valence-corrected chi connectivity index (χ1v) is 3.84. The lowest BCUT2D eigenvalue weighted by atomic mass is 10.2. The molecule has 0 aliphatic heterocycles. The van der Waals surface area contributed by atoms with Crippen LogP contribution in [-0.2, 0) is 9.53 Å². The Bertz CT molecular complexity index is 362. The molecule has 14 heavy (non-hydrogen) atoms. The monoisotopic (exact) mass is 195 g/mol. The topological polar surface area (TPSA) is 89.6 Å². The van der Waals surface area contributed by atoms with Crippen molar-refractivity contribution in [2.75, 3.05) is 6.61 Å². The fraction of sp³-hybridized carbons (Fsp3) is 0.111. The quantitative estimate of drug-likeness (QED) is 0.666. The van der Waals surface area contributed by atoms with E-state index >= 15 is 0 Å². The fourth-order valence-electron chi connectivity index (χ4n) is 0.861. The minimum absolute atomic E-state index is 0.00810. The van der Waals surface area contributed by atoms with Gasteiger partial charge in [-0.25, -0.2) is 4.79 Å². The minimum atomic E-state index is -0.776. The van der Waals surface area contributed by atoms with E-state index < -0.39 is 18.5 Å². The molecule has 1 amide bonds. The van der Waals surface area contributed by atoms with Crippen LogP contribution in [0.25, 0.3) is 0 Å². The van der Waals surface area contributed by atoms with E-state index in [9.17, 15) is 14.7 Å². The maximum Gasteiger partial charge on any atom is 0.342 e. The lowest BCUT2D eigenvalue weighted by molar-refractivity contribution is -0.121. The van der Waals surface area contributed by atoms with Gasteiger partial charge in [-0.05, 0) is 12.1 Å². The van der Waals surface area contributed by atoms with Crippen molar-refractivity contribution in [2.24, 2.45) is 5.73 Å². The molecule has 1 aromatic carbocycles. The molecule has 0 unspecified atom stereocenters. The van der Waals surface area contributed by atoms with Crippen molar-refractivity contribution in [3.05, 3.63) is 29.8 Å². The number of phenols is 1. The van der Waals surface area contributed by atoms with Gasteiger partial charge in [-0.1, -0.05) is 12.1 Å². The molecule has 1 aromatic rings. The number of carbonyl (C=O) groups is 2. The van der Waals surface area contributed by atoms with Gasteiger partial charge in [0.2, 0.25) is 0 Å². The zero-order valence-electron chi connectivity index (χ0n) is 7.27. The van der Waals surface area contributed by atoms with Gasteiger partial charge in [0.1, 0.15) is 11.3 Å². The Labute approximate surface area is 80.1 Å². The largest absolute Gasteiger partial charge is 0.507 e. The highest BCUT2D eigenvalue weighted by Crippen LogP contribution is 2.16. The maximum absolute atomic E-state index is 11.2. The Morgan fingerprint density at radius 2 is 2.00 bits per heavy atom. The lowest BCUT2D eigenvalue weighted by Crippen LogP contribution is -2.20. The number of ether oxygens (including phenoxy) is 1. The highest BCUT2D eigenvalue weighted by atomic mass is 16.5. The molecule has 0 heterocycles. The minimum Gasteiger partial charge on any atom is -0.507 e. The molecule has 3 N–H and O–H groups in total. The van der Waals surface area contributed by atoms with E-state index in [0.29, 0.717) is 0 Å². The third-order valence-electron chi connectivity index (χ3n) is 1.47. The molecule has 0 spiro atoms. The average Bonchev–Trinajstić information content (AvgIpc) is 2.15. The van der Waals surface area contributed by atoms with Crippen molar-refractivity contribution in [1.29, 1.82) is 0 Å². The Kier molecular flexibility index (Phi) is 3.06. The highest BCUT2D eigenvalue weighted by molar-refractivity contribution is 5.93. The van der Waals surface area contributed by atoms with Gasteiger partial charge in [-0.3, -0.25) is 4.79 Å². The normalized spacial score (nSPS) is 9.43. The van der Waals surface area contributed by atoms with Gasteiger partial charge >= 0.3 is 5.97 Å². The summed E-state index contributed by atoms with van der Waals surface area (Å²) >= 11 is 0. The molecule has 0 bridgehead atoms. The first-order valence-electron chi connectivity index (χ1n) is 3.84. The number of hydrogen-bond donors (Lipinski definition) is 2. The Hall–Kier alpha value is -2.04. The van der Waals surface area contributed by atoms with Gasteiger partial charge in [0.25, 0.3) is 5.91 Å². The summed E-state index contributed by atoms with van der Waals surface area (Å²) in [6.07, 6.45) is 0. The summed E-state index contributed by atoms with van der Waals surface area (Å²) in [5.41, 5.74) is 4.79. The van der Waals surface area contributed by atoms with Crippen LogP contribution in [0, 0.1) is 0 Å². The van der Waals surface area contributed by atoms with E-state index in [1.54, 1.807) is 12.1 Å². The number of carbonyl (C=O) groups excluding carboxylic acids is 2. The molecule has 0 aliphatic rings. The molecule has 0 aromatic heterocycles. The summed E-state index contributed by atoms with van der Waals surface area (Å²) in [5, 5.41) is 9.23. The van der Waals surface area contributed by atoms with E-state index in [1.807, 2.05) is 0 Å². The molecule has 74 valence electrons. The number of aromatic hydroxyl groups is 1. The van der Waals surface area contributed by atoms with E-state index in [1.165, 1.54) is 12.1 Å². The number of para-hydroxylation sites is 1. The summed E-state index contributed by atoms with van der Waals surface area (Å²) in [6.45, 7) is -0.493. The van der Waals surface area contributed by atoms with Crippen molar-refractivity contribution in [3.8, 4) is 5.75 Å². The van der Waals surface area contributed by atoms with Crippen molar-refractivity contribution in [1.82, 2.24) is 0 Å². The van der Waals surface area contributed by atoms with Crippen LogP contribution in [0.3, 0.4) is 0 Å². The van der Waals surface area contributed by atoms with Gasteiger partial charge in [0, 0.05) is 0 Å². The van der Waals surface area contributed by atoms with Crippen molar-refractivity contribution in [2.45, 2.75) is 0 Å². The van der Waals surface area contributed by atoms with Crippen LogP contribution < -0.4 is 5.73 Å². The van der Waals surface area contributed by atoms with Gasteiger partial charge in [0.05, 0.1) is 0 Å². The molecule has 0 radical (unpaired) electrons. The lowest BCUT2D eigenvalue weighted by Gasteiger charge is -2.03. The number of benzene rings is 1. The van der Waals surface area contributed by atoms with Crippen LogP contribution in [0.4, 0.5) is 0 Å². The van der Waals surface area contributed by atoms with Crippen LogP contribution in [0.5, 0.6) is 5.75 Å². The van der Waals surface area contributed by atoms with E-state index in [0.717, 1.165) is 0 Å². The summed E-state index contributed by atoms with van der Waals surface area (Å²) in [4.78, 5) is 21.5. The molecule has 5 heteroatoms. The summed E-state index contributed by atoms with van der Waals surface area (Å²) in [6, 6.07) is 5.88. The zero-order chi connectivity index (χ0) is 10.6. The highest BCUT2D eigenvalue weighted by Gasteiger charge is 2.11. The number of rotatable bonds is 3.